The molecule has 86 valence electrons. The van der Waals surface area contributed by atoms with E-state index in [1.165, 1.54) is 0 Å². The lowest BCUT2D eigenvalue weighted by atomic mass is 10.1. The van der Waals surface area contributed by atoms with Gasteiger partial charge in [-0.15, -0.1) is 0 Å². The summed E-state index contributed by atoms with van der Waals surface area (Å²) in [5.74, 6) is -0.151. The molecular weight excluding hydrogens is 212 g/mol. The summed E-state index contributed by atoms with van der Waals surface area (Å²) in [5.41, 5.74) is 1.52. The summed E-state index contributed by atoms with van der Waals surface area (Å²) in [6.07, 6.45) is 1.61. The number of carbonyl (C=O) groups excluding carboxylic acids is 1. The average molecular weight is 226 g/mol. The Labute approximate surface area is 101 Å². The minimum Gasteiger partial charge on any atom is -0.344 e. The van der Waals surface area contributed by atoms with E-state index in [4.69, 9.17) is 0 Å². The fraction of sp³-hybridized carbons (Fsp3) is 0.143. The SMILES string of the molecule is C[C@@H](NC(=O)c1ccccn1)c1ccccc1. The average Bonchev–Trinajstić information content (AvgIpc) is 2.40. The van der Waals surface area contributed by atoms with Crippen molar-refractivity contribution in [2.75, 3.05) is 0 Å². The van der Waals surface area contributed by atoms with Gasteiger partial charge >= 0.3 is 0 Å². The van der Waals surface area contributed by atoms with Gasteiger partial charge in [0.05, 0.1) is 6.04 Å². The van der Waals surface area contributed by atoms with Gasteiger partial charge in [0.2, 0.25) is 0 Å². The van der Waals surface area contributed by atoms with Gasteiger partial charge in [-0.25, -0.2) is 0 Å². The van der Waals surface area contributed by atoms with E-state index in [2.05, 4.69) is 10.3 Å². The number of rotatable bonds is 3. The smallest absolute Gasteiger partial charge is 0.270 e. The Kier molecular flexibility index (Phi) is 3.50. The van der Waals surface area contributed by atoms with Crippen molar-refractivity contribution < 1.29 is 4.79 Å². The highest BCUT2D eigenvalue weighted by molar-refractivity contribution is 5.92. The van der Waals surface area contributed by atoms with Crippen LogP contribution in [0.15, 0.2) is 54.7 Å². The zero-order valence-electron chi connectivity index (χ0n) is 9.63. The van der Waals surface area contributed by atoms with Crippen molar-refractivity contribution in [3.05, 3.63) is 66.0 Å². The Morgan fingerprint density at radius 3 is 2.47 bits per heavy atom. The fourth-order valence-electron chi connectivity index (χ4n) is 1.59. The number of pyridine rings is 1. The van der Waals surface area contributed by atoms with Gasteiger partial charge < -0.3 is 5.32 Å². The number of hydrogen-bond donors (Lipinski definition) is 1. The summed E-state index contributed by atoms with van der Waals surface area (Å²) in [4.78, 5) is 15.9. The summed E-state index contributed by atoms with van der Waals surface area (Å²) >= 11 is 0. The van der Waals surface area contributed by atoms with Crippen LogP contribution in [-0.4, -0.2) is 10.9 Å². The molecule has 0 aliphatic rings. The molecule has 1 atom stereocenters. The number of aromatic nitrogens is 1. The Morgan fingerprint density at radius 1 is 1.12 bits per heavy atom. The molecule has 0 fully saturated rings. The summed E-state index contributed by atoms with van der Waals surface area (Å²) in [5, 5.41) is 2.91. The first-order valence-corrected chi connectivity index (χ1v) is 5.54. The van der Waals surface area contributed by atoms with E-state index in [1.807, 2.05) is 37.3 Å². The normalized spacial score (nSPS) is 11.8. The van der Waals surface area contributed by atoms with Crippen molar-refractivity contribution in [3.63, 3.8) is 0 Å². The minimum absolute atomic E-state index is 0.0225. The van der Waals surface area contributed by atoms with Gasteiger partial charge in [-0.1, -0.05) is 36.4 Å². The van der Waals surface area contributed by atoms with Crippen LogP contribution in [0.4, 0.5) is 0 Å². The van der Waals surface area contributed by atoms with E-state index in [9.17, 15) is 4.79 Å². The monoisotopic (exact) mass is 226 g/mol. The van der Waals surface area contributed by atoms with Crippen molar-refractivity contribution in [3.8, 4) is 0 Å². The van der Waals surface area contributed by atoms with E-state index in [0.717, 1.165) is 5.56 Å². The van der Waals surface area contributed by atoms with Crippen LogP contribution in [-0.2, 0) is 0 Å². The maximum Gasteiger partial charge on any atom is 0.270 e. The van der Waals surface area contributed by atoms with Crippen molar-refractivity contribution in [1.82, 2.24) is 10.3 Å². The molecular formula is C14H14N2O. The summed E-state index contributed by atoms with van der Waals surface area (Å²) in [6.45, 7) is 1.95. The maximum atomic E-state index is 11.9. The molecule has 0 saturated heterocycles. The van der Waals surface area contributed by atoms with E-state index >= 15 is 0 Å². The molecule has 0 aliphatic carbocycles. The molecule has 0 spiro atoms. The number of benzene rings is 1. The van der Waals surface area contributed by atoms with Crippen LogP contribution < -0.4 is 5.32 Å². The van der Waals surface area contributed by atoms with Crippen LogP contribution in [0.5, 0.6) is 0 Å². The molecule has 17 heavy (non-hydrogen) atoms. The molecule has 0 radical (unpaired) electrons. The van der Waals surface area contributed by atoms with E-state index in [1.54, 1.807) is 24.4 Å². The minimum atomic E-state index is -0.151. The Hall–Kier alpha value is -2.16. The zero-order chi connectivity index (χ0) is 12.1. The predicted molar refractivity (Wildman–Crippen MR) is 66.6 cm³/mol. The first kappa shape index (κ1) is 11.3. The van der Waals surface area contributed by atoms with Crippen LogP contribution in [0.2, 0.25) is 0 Å². The molecule has 0 saturated carbocycles. The van der Waals surface area contributed by atoms with Crippen molar-refractivity contribution >= 4 is 5.91 Å². The first-order valence-electron chi connectivity index (χ1n) is 5.54. The highest BCUT2D eigenvalue weighted by Gasteiger charge is 2.11. The number of amides is 1. The van der Waals surface area contributed by atoms with E-state index in [-0.39, 0.29) is 11.9 Å². The molecule has 1 aromatic carbocycles. The predicted octanol–water partition coefficient (Wildman–Crippen LogP) is 2.57. The molecule has 0 bridgehead atoms. The Morgan fingerprint density at radius 2 is 1.82 bits per heavy atom. The maximum absolute atomic E-state index is 11.9. The number of carbonyl (C=O) groups is 1. The molecule has 1 heterocycles. The molecule has 3 heteroatoms. The quantitative estimate of drug-likeness (QED) is 0.874. The lowest BCUT2D eigenvalue weighted by Crippen LogP contribution is -2.27. The second-order valence-electron chi connectivity index (χ2n) is 3.82. The molecule has 0 aliphatic heterocycles. The van der Waals surface area contributed by atoms with Gasteiger partial charge in [0.15, 0.2) is 0 Å². The number of hydrogen-bond acceptors (Lipinski definition) is 2. The van der Waals surface area contributed by atoms with Crippen LogP contribution in [0.25, 0.3) is 0 Å². The molecule has 2 rings (SSSR count). The third-order valence-corrected chi connectivity index (χ3v) is 2.54. The second-order valence-corrected chi connectivity index (χ2v) is 3.82. The largest absolute Gasteiger partial charge is 0.344 e. The van der Waals surface area contributed by atoms with Gasteiger partial charge in [-0.2, -0.15) is 0 Å². The van der Waals surface area contributed by atoms with Gasteiger partial charge in [0.1, 0.15) is 5.69 Å². The van der Waals surface area contributed by atoms with E-state index in [0.29, 0.717) is 5.69 Å². The lowest BCUT2D eigenvalue weighted by Gasteiger charge is -2.13. The van der Waals surface area contributed by atoms with Crippen molar-refractivity contribution in [2.24, 2.45) is 0 Å². The number of nitrogens with one attached hydrogen (secondary N) is 1. The van der Waals surface area contributed by atoms with E-state index < -0.39 is 0 Å². The van der Waals surface area contributed by atoms with Crippen LogP contribution in [0.3, 0.4) is 0 Å². The summed E-state index contributed by atoms with van der Waals surface area (Å²) in [7, 11) is 0. The number of nitrogens with zero attached hydrogens (tertiary/aromatic N) is 1. The third kappa shape index (κ3) is 2.91. The Bertz CT molecular complexity index is 482. The van der Waals surface area contributed by atoms with Gasteiger partial charge in [-0.05, 0) is 24.6 Å². The zero-order valence-corrected chi connectivity index (χ0v) is 9.63. The Balaban J connectivity index is 2.05. The van der Waals surface area contributed by atoms with Crippen LogP contribution in [0.1, 0.15) is 29.0 Å². The van der Waals surface area contributed by atoms with Crippen molar-refractivity contribution in [1.29, 1.82) is 0 Å². The molecule has 1 N–H and O–H groups in total. The fourth-order valence-corrected chi connectivity index (χ4v) is 1.59. The highest BCUT2D eigenvalue weighted by atomic mass is 16.1. The van der Waals surface area contributed by atoms with Crippen molar-refractivity contribution in [2.45, 2.75) is 13.0 Å². The first-order chi connectivity index (χ1) is 8.27. The lowest BCUT2D eigenvalue weighted by molar-refractivity contribution is 0.0935. The van der Waals surface area contributed by atoms with Crippen LogP contribution in [0, 0.1) is 0 Å². The van der Waals surface area contributed by atoms with Gasteiger partial charge in [0, 0.05) is 6.20 Å². The second kappa shape index (κ2) is 5.25. The molecule has 0 unspecified atom stereocenters. The third-order valence-electron chi connectivity index (χ3n) is 2.54. The molecule has 1 amide bonds. The molecule has 3 nitrogen and oxygen atoms in total. The molecule has 1 aromatic heterocycles. The topological polar surface area (TPSA) is 42.0 Å². The van der Waals surface area contributed by atoms with Crippen LogP contribution >= 0.6 is 0 Å². The summed E-state index contributed by atoms with van der Waals surface area (Å²) < 4.78 is 0. The van der Waals surface area contributed by atoms with Gasteiger partial charge in [-0.3, -0.25) is 9.78 Å². The summed E-state index contributed by atoms with van der Waals surface area (Å²) in [6, 6.07) is 15.1. The molecule has 2 aromatic rings. The standard InChI is InChI=1S/C14H14N2O/c1-11(12-7-3-2-4-8-12)16-14(17)13-9-5-6-10-15-13/h2-11H,1H3,(H,16,17)/t11-/m1/s1. The van der Waals surface area contributed by atoms with Gasteiger partial charge in [0.25, 0.3) is 5.91 Å². The highest BCUT2D eigenvalue weighted by Crippen LogP contribution is 2.11.